The van der Waals surface area contributed by atoms with Crippen LogP contribution in [0.5, 0.6) is 0 Å². The minimum Gasteiger partial charge on any atom is -0.449 e. The Morgan fingerprint density at radius 3 is 2.09 bits per heavy atom. The van der Waals surface area contributed by atoms with E-state index in [1.807, 2.05) is 11.8 Å². The number of hydrogen-bond acceptors (Lipinski definition) is 9. The second kappa shape index (κ2) is 20.0. The first-order valence-electron chi connectivity index (χ1n) is 16.2. The second-order valence-corrected chi connectivity index (χ2v) is 12.9. The molecule has 0 radical (unpaired) electrons. The molecule has 2 aliphatic carbocycles. The lowest BCUT2D eigenvalue weighted by Gasteiger charge is -2.16. The number of carbonyl (C=O) groups excluding carboxylic acids is 3. The number of fused-ring (bicyclic) bond motifs is 2. The molecule has 44 heavy (non-hydrogen) atoms. The van der Waals surface area contributed by atoms with Gasteiger partial charge in [-0.2, -0.15) is 11.8 Å². The van der Waals surface area contributed by atoms with Gasteiger partial charge in [0.15, 0.2) is 0 Å². The maximum Gasteiger partial charge on any atom is 0.407 e. The highest BCUT2D eigenvalue weighted by Gasteiger charge is 2.49. The van der Waals surface area contributed by atoms with Gasteiger partial charge < -0.3 is 45.0 Å². The van der Waals surface area contributed by atoms with Gasteiger partial charge >= 0.3 is 12.1 Å². The van der Waals surface area contributed by atoms with Gasteiger partial charge in [-0.3, -0.25) is 4.79 Å². The molecule has 4 rings (SSSR count). The van der Waals surface area contributed by atoms with Crippen molar-refractivity contribution in [1.82, 2.24) is 21.3 Å². The summed E-state index contributed by atoms with van der Waals surface area (Å²) in [4.78, 5) is 35.4. The Morgan fingerprint density at radius 2 is 1.43 bits per heavy atom. The fraction of sp³-hybridized carbons (Fsp3) is 0.839. The summed E-state index contributed by atoms with van der Waals surface area (Å²) in [6.07, 6.45) is 7.12. The van der Waals surface area contributed by atoms with Gasteiger partial charge in [0.1, 0.15) is 0 Å². The van der Waals surface area contributed by atoms with Gasteiger partial charge in [-0.1, -0.05) is 6.42 Å². The predicted octanol–water partition coefficient (Wildman–Crippen LogP) is 2.06. The number of alkyl carbamates (subject to hydrolysis) is 1. The van der Waals surface area contributed by atoms with Crippen molar-refractivity contribution in [3.05, 3.63) is 0 Å². The van der Waals surface area contributed by atoms with Gasteiger partial charge in [-0.05, 0) is 43.4 Å². The first kappa shape index (κ1) is 34.6. The van der Waals surface area contributed by atoms with Crippen LogP contribution in [-0.4, -0.2) is 114 Å². The van der Waals surface area contributed by atoms with Crippen LogP contribution in [0.2, 0.25) is 0 Å². The minimum absolute atomic E-state index is 0.0422. The topological polar surface area (TPSA) is 145 Å². The average molecular weight is 639 g/mol. The van der Waals surface area contributed by atoms with E-state index in [0.717, 1.165) is 50.7 Å². The highest BCUT2D eigenvalue weighted by Crippen LogP contribution is 2.52. The fourth-order valence-corrected chi connectivity index (χ4v) is 7.66. The molecule has 2 aliphatic heterocycles. The van der Waals surface area contributed by atoms with Crippen molar-refractivity contribution in [2.24, 2.45) is 17.8 Å². The van der Waals surface area contributed by atoms with Crippen molar-refractivity contribution in [3.8, 4) is 11.8 Å². The third kappa shape index (κ3) is 12.6. The standard InChI is InChI=1S/C31H50N4O8S/c36-28(10-6-5-9-27-29-26(22-44-27)34-30(37)35-29)32-11-13-39-15-17-41-19-20-42-18-16-40-14-12-33-31(38)43-21-25-23-7-3-1-2-4-8-24(23)25/h23-27,29H,3-22H2,(H,32,36)(H,33,38)(H2,34,35,37)/t23-,24+,25?,26-,27-,29-/m1/s1. The van der Waals surface area contributed by atoms with Crippen LogP contribution in [0.3, 0.4) is 0 Å². The number of urea groups is 1. The zero-order valence-electron chi connectivity index (χ0n) is 25.8. The van der Waals surface area contributed by atoms with E-state index in [-0.39, 0.29) is 30.1 Å². The molecule has 2 heterocycles. The first-order chi connectivity index (χ1) is 21.6. The summed E-state index contributed by atoms with van der Waals surface area (Å²) in [5, 5.41) is 12.0. The molecule has 0 aromatic rings. The van der Waals surface area contributed by atoms with Gasteiger partial charge in [-0.25, -0.2) is 9.59 Å². The Bertz CT molecular complexity index is 945. The summed E-state index contributed by atoms with van der Waals surface area (Å²) in [7, 11) is 0. The normalized spacial score (nSPS) is 26.6. The zero-order chi connectivity index (χ0) is 30.8. The highest BCUT2D eigenvalue weighted by atomic mass is 32.2. The number of amides is 4. The number of thioether (sulfide) groups is 1. The molecule has 1 saturated carbocycles. The molecule has 0 aromatic carbocycles. The average Bonchev–Trinajstić information content (AvgIpc) is 3.27. The maximum absolute atomic E-state index is 12.0. The summed E-state index contributed by atoms with van der Waals surface area (Å²) in [6.45, 7) is 4.96. The van der Waals surface area contributed by atoms with Gasteiger partial charge in [-0.15, -0.1) is 11.8 Å². The van der Waals surface area contributed by atoms with Crippen molar-refractivity contribution in [1.29, 1.82) is 0 Å². The quantitative estimate of drug-likeness (QED) is 0.0796. The van der Waals surface area contributed by atoms with Crippen LogP contribution in [0.1, 0.15) is 51.4 Å². The summed E-state index contributed by atoms with van der Waals surface area (Å²) in [5.41, 5.74) is 0. The highest BCUT2D eigenvalue weighted by molar-refractivity contribution is 8.00. The van der Waals surface area contributed by atoms with Crippen molar-refractivity contribution >= 4 is 29.8 Å². The van der Waals surface area contributed by atoms with Crippen molar-refractivity contribution < 1.29 is 38.1 Å². The first-order valence-corrected chi connectivity index (χ1v) is 17.3. The van der Waals surface area contributed by atoms with Crippen molar-refractivity contribution in [2.45, 2.75) is 68.7 Å². The molecule has 1 unspecified atom stereocenters. The number of nitrogens with one attached hydrogen (secondary N) is 4. The van der Waals surface area contributed by atoms with E-state index >= 15 is 0 Å². The van der Waals surface area contributed by atoms with Crippen LogP contribution >= 0.6 is 11.8 Å². The molecule has 0 aromatic heterocycles. The SMILES string of the molecule is O=C(CCCC[C@H]1SC[C@H]2NC(=O)N[C@H]21)NCCOCCOCCOCCOCCNC(=O)OCC1[C@H]2CCC#CCC[C@@H]12. The van der Waals surface area contributed by atoms with Crippen LogP contribution in [0.4, 0.5) is 9.59 Å². The summed E-state index contributed by atoms with van der Waals surface area (Å²) >= 11 is 1.90. The number of ether oxygens (including phenoxy) is 5. The Morgan fingerprint density at radius 1 is 0.818 bits per heavy atom. The Kier molecular flexibility index (Phi) is 15.7. The smallest absolute Gasteiger partial charge is 0.407 e. The van der Waals surface area contributed by atoms with E-state index in [9.17, 15) is 14.4 Å². The second-order valence-electron chi connectivity index (χ2n) is 11.6. The van der Waals surface area contributed by atoms with E-state index in [0.29, 0.717) is 102 Å². The van der Waals surface area contributed by atoms with Gasteiger partial charge in [0, 0.05) is 43.4 Å². The fourth-order valence-electron chi connectivity index (χ4n) is 6.12. The van der Waals surface area contributed by atoms with E-state index < -0.39 is 0 Å². The van der Waals surface area contributed by atoms with Crippen molar-refractivity contribution in [2.75, 3.05) is 78.3 Å². The summed E-state index contributed by atoms with van der Waals surface area (Å²) < 4.78 is 27.3. The van der Waals surface area contributed by atoms with Crippen LogP contribution in [0, 0.1) is 29.6 Å². The largest absolute Gasteiger partial charge is 0.449 e. The lowest BCUT2D eigenvalue weighted by atomic mass is 10.0. The molecule has 4 amide bonds. The number of rotatable bonds is 22. The summed E-state index contributed by atoms with van der Waals surface area (Å²) in [6, 6.07) is 0.411. The van der Waals surface area contributed by atoms with Crippen LogP contribution in [0.15, 0.2) is 0 Å². The number of unbranched alkanes of at least 4 members (excludes halogenated alkanes) is 1. The molecule has 0 spiro atoms. The molecule has 12 nitrogen and oxygen atoms in total. The van der Waals surface area contributed by atoms with E-state index in [1.165, 1.54) is 0 Å². The molecule has 4 N–H and O–H groups in total. The molecular weight excluding hydrogens is 588 g/mol. The third-order valence-corrected chi connectivity index (χ3v) is 10.0. The molecule has 0 bridgehead atoms. The van der Waals surface area contributed by atoms with E-state index in [2.05, 4.69) is 33.1 Å². The van der Waals surface area contributed by atoms with Crippen LogP contribution in [0.25, 0.3) is 0 Å². The Labute approximate surface area is 265 Å². The minimum atomic E-state index is -0.384. The lowest BCUT2D eigenvalue weighted by Crippen LogP contribution is -2.36. The van der Waals surface area contributed by atoms with Gasteiger partial charge in [0.2, 0.25) is 5.91 Å². The Balaban J connectivity index is 0.821. The lowest BCUT2D eigenvalue weighted by molar-refractivity contribution is -0.121. The van der Waals surface area contributed by atoms with Crippen LogP contribution in [-0.2, 0) is 28.5 Å². The summed E-state index contributed by atoms with van der Waals surface area (Å²) in [5.74, 6) is 9.23. The Hall–Kier alpha value is -2.24. The number of carbonyl (C=O) groups is 3. The number of hydrogen-bond donors (Lipinski definition) is 4. The maximum atomic E-state index is 12.0. The zero-order valence-corrected chi connectivity index (χ0v) is 26.6. The van der Waals surface area contributed by atoms with Gasteiger partial charge in [0.25, 0.3) is 0 Å². The molecule has 248 valence electrons. The van der Waals surface area contributed by atoms with Crippen LogP contribution < -0.4 is 21.3 Å². The molecule has 2 saturated heterocycles. The monoisotopic (exact) mass is 638 g/mol. The van der Waals surface area contributed by atoms with E-state index in [4.69, 9.17) is 23.7 Å². The van der Waals surface area contributed by atoms with Gasteiger partial charge in [0.05, 0.1) is 71.5 Å². The molecule has 3 fully saturated rings. The molecular formula is C31H50N4O8S. The van der Waals surface area contributed by atoms with E-state index in [1.54, 1.807) is 0 Å². The predicted molar refractivity (Wildman–Crippen MR) is 166 cm³/mol. The molecule has 13 heteroatoms. The third-order valence-electron chi connectivity index (χ3n) is 8.53. The molecule has 4 aliphatic rings. The molecule has 6 atom stereocenters. The van der Waals surface area contributed by atoms with Crippen molar-refractivity contribution in [3.63, 3.8) is 0 Å².